The number of aliphatic hydroxyl groups is 1. The number of aliphatic hydroxyl groups excluding tert-OH is 1. The Labute approximate surface area is 293 Å². The monoisotopic (exact) mass is 648 g/mol. The van der Waals surface area contributed by atoms with Crippen molar-refractivity contribution in [2.75, 3.05) is 13.7 Å². The molecular formula is C37H44MgN4O5-2. The van der Waals surface area contributed by atoms with Crippen molar-refractivity contribution in [3.8, 4) is 0 Å². The van der Waals surface area contributed by atoms with Crippen LogP contribution >= 0.6 is 0 Å². The Morgan fingerprint density at radius 3 is 2.40 bits per heavy atom. The van der Waals surface area contributed by atoms with Crippen LogP contribution in [0.4, 0.5) is 0 Å². The molecule has 6 atom stereocenters. The molecule has 3 aliphatic heterocycles. The number of carbonyl (C=O) groups is 2. The van der Waals surface area contributed by atoms with Crippen LogP contribution < -0.4 is 20.7 Å². The number of fused-ring (bicyclic) bond motifs is 7. The third kappa shape index (κ3) is 5.80. The van der Waals surface area contributed by atoms with E-state index in [4.69, 9.17) is 30.1 Å². The van der Waals surface area contributed by atoms with Gasteiger partial charge in [-0.05, 0) is 63.9 Å². The number of nitrogens with zero attached hydrogens (tertiary/aromatic N) is 4. The zero-order chi connectivity index (χ0) is 33.0. The number of esters is 2. The summed E-state index contributed by atoms with van der Waals surface area (Å²) in [6, 6.07) is -0.0486. The molecule has 2 aromatic heterocycles. The second kappa shape index (κ2) is 13.7. The maximum atomic E-state index is 13.4. The van der Waals surface area contributed by atoms with E-state index in [0.717, 1.165) is 51.6 Å². The summed E-state index contributed by atoms with van der Waals surface area (Å²) in [6.07, 6.45) is 7.56. The van der Waals surface area contributed by atoms with Crippen molar-refractivity contribution in [3.63, 3.8) is 0 Å². The van der Waals surface area contributed by atoms with E-state index in [1.165, 1.54) is 12.7 Å². The first-order valence-corrected chi connectivity index (χ1v) is 16.6. The second-order valence-corrected chi connectivity index (χ2v) is 12.9. The van der Waals surface area contributed by atoms with Gasteiger partial charge in [-0.25, -0.2) is 0 Å². The molecule has 4 aliphatic rings. The van der Waals surface area contributed by atoms with E-state index in [9.17, 15) is 14.7 Å². The van der Waals surface area contributed by atoms with Gasteiger partial charge in [-0.3, -0.25) is 9.59 Å². The van der Waals surface area contributed by atoms with E-state index in [2.05, 4.69) is 46.8 Å². The fraction of sp³-hybridized carbons (Fsp3) is 0.514. The van der Waals surface area contributed by atoms with Gasteiger partial charge in [0.1, 0.15) is 5.92 Å². The maximum absolute atomic E-state index is 13.4. The van der Waals surface area contributed by atoms with Crippen LogP contribution in [0.15, 0.2) is 28.7 Å². The molecule has 246 valence electrons. The molecule has 1 N–H and O–H groups in total. The van der Waals surface area contributed by atoms with Crippen molar-refractivity contribution in [2.24, 2.45) is 23.7 Å². The summed E-state index contributed by atoms with van der Waals surface area (Å²) in [5.41, 5.74) is 9.17. The molecule has 10 heteroatoms. The van der Waals surface area contributed by atoms with Crippen LogP contribution in [-0.2, 0) is 25.5 Å². The standard InChI is InChI=1S/C37H44N4O5.Mg/c1-9-21-17(4)24-14-26-19(6)23(12-13-30(42)46-11-3)34(40-26)32-33(37(44)45-8)36(43)31-20(7)27(41-35(31)32)16-29-22(10-2)18(5)25(39-29)15-28(21)38-24;/h14-16,19,21,23,28,33,36,43H,9-13H2,1-8H3;/q-4;+2/b25-15-,26-14-,29-16-,34-32-;/t19-,21-,23-,28?,33+,36+;/m0./s1. The minimum Gasteiger partial charge on any atom is -0.678 e. The molecule has 5 heterocycles. The number of allylic oxidation sites excluding steroid dienone is 3. The normalized spacial score (nSPS) is 29.9. The number of rotatable bonds is 7. The van der Waals surface area contributed by atoms with E-state index in [-0.39, 0.29) is 59.2 Å². The largest absolute Gasteiger partial charge is 2.00 e. The van der Waals surface area contributed by atoms with Crippen molar-refractivity contribution in [1.29, 1.82) is 0 Å². The van der Waals surface area contributed by atoms with Crippen molar-refractivity contribution in [2.45, 2.75) is 86.3 Å². The Morgan fingerprint density at radius 1 is 1.00 bits per heavy atom. The fourth-order valence-corrected chi connectivity index (χ4v) is 7.94. The SMILES string of the molecule is CCOC(=O)CC[C@@H]1/C2=C3/c4[n-]c(c(C)c4[C@@H](O)[C@@H]3C(=O)OC)/C=c3\[n-]/c(c(C)c3CC)=C\C3[N-]C(=C(C)[C@@H]3CC)/C=C(\[N-]2)[C@H]1C.[Mg+2]. The number of ether oxygens (including phenoxy) is 2. The zero-order valence-electron chi connectivity index (χ0n) is 28.8. The minimum atomic E-state index is -1.15. The maximum Gasteiger partial charge on any atom is 2.00 e. The summed E-state index contributed by atoms with van der Waals surface area (Å²) in [6.45, 7) is 14.7. The number of methoxy groups -OCH3 is 1. The first-order chi connectivity index (χ1) is 22.0. The Bertz CT molecular complexity index is 1810. The van der Waals surface area contributed by atoms with Crippen molar-refractivity contribution >= 4 is 52.7 Å². The molecule has 47 heavy (non-hydrogen) atoms. The molecule has 1 saturated heterocycles. The molecule has 6 rings (SSSR count). The third-order valence-electron chi connectivity index (χ3n) is 10.5. The zero-order valence-corrected chi connectivity index (χ0v) is 30.2. The molecular weight excluding hydrogens is 605 g/mol. The Hall–Kier alpha value is -3.21. The molecule has 0 aromatic carbocycles. The number of hydrogen-bond acceptors (Lipinski definition) is 5. The molecule has 0 amide bonds. The van der Waals surface area contributed by atoms with Gasteiger partial charge in [-0.15, -0.1) is 33.9 Å². The van der Waals surface area contributed by atoms with Crippen LogP contribution in [0.3, 0.4) is 0 Å². The summed E-state index contributed by atoms with van der Waals surface area (Å²) in [5.74, 6) is -1.86. The van der Waals surface area contributed by atoms with E-state index in [1.807, 2.05) is 13.0 Å². The van der Waals surface area contributed by atoms with E-state index >= 15 is 0 Å². The van der Waals surface area contributed by atoms with Crippen molar-refractivity contribution < 1.29 is 24.2 Å². The smallest absolute Gasteiger partial charge is 0.678 e. The van der Waals surface area contributed by atoms with E-state index in [1.54, 1.807) is 6.92 Å². The molecule has 0 saturated carbocycles. The average Bonchev–Trinajstić information content (AvgIpc) is 3.77. The van der Waals surface area contributed by atoms with Crippen LogP contribution in [0, 0.1) is 37.5 Å². The minimum absolute atomic E-state index is 0. The quantitative estimate of drug-likeness (QED) is 0.346. The van der Waals surface area contributed by atoms with Gasteiger partial charge in [0.15, 0.2) is 0 Å². The topological polar surface area (TPSA) is 129 Å². The van der Waals surface area contributed by atoms with E-state index < -0.39 is 18.0 Å². The Balaban J connectivity index is 0.00000433. The number of aromatic nitrogens is 2. The molecule has 1 aliphatic carbocycles. The van der Waals surface area contributed by atoms with Gasteiger partial charge in [0.05, 0.1) is 19.8 Å². The molecule has 0 radical (unpaired) electrons. The summed E-state index contributed by atoms with van der Waals surface area (Å²) >= 11 is 0. The molecule has 0 spiro atoms. The van der Waals surface area contributed by atoms with Crippen molar-refractivity contribution in [3.05, 3.63) is 83.7 Å². The fourth-order valence-electron chi connectivity index (χ4n) is 7.94. The van der Waals surface area contributed by atoms with Crippen LogP contribution in [0.5, 0.6) is 0 Å². The van der Waals surface area contributed by atoms with E-state index in [0.29, 0.717) is 41.2 Å². The molecule has 2 aromatic rings. The van der Waals surface area contributed by atoms with Gasteiger partial charge in [-0.2, -0.15) is 11.4 Å². The second-order valence-electron chi connectivity index (χ2n) is 12.9. The number of carbonyl (C=O) groups excluding carboxylic acids is 2. The average molecular weight is 649 g/mol. The first-order valence-electron chi connectivity index (χ1n) is 16.6. The van der Waals surface area contributed by atoms with Crippen LogP contribution in [0.1, 0.15) is 93.6 Å². The Morgan fingerprint density at radius 2 is 1.74 bits per heavy atom. The van der Waals surface area contributed by atoms with Gasteiger partial charge in [0, 0.05) is 6.42 Å². The first kappa shape index (κ1) is 35.1. The van der Waals surface area contributed by atoms with Gasteiger partial charge in [0.25, 0.3) is 0 Å². The molecule has 1 fully saturated rings. The molecule has 1 unspecified atom stereocenters. The third-order valence-corrected chi connectivity index (χ3v) is 10.5. The summed E-state index contributed by atoms with van der Waals surface area (Å²) in [4.78, 5) is 36.1. The number of hydrogen-bond donors (Lipinski definition) is 1. The summed E-state index contributed by atoms with van der Waals surface area (Å²) < 4.78 is 10.5. The van der Waals surface area contributed by atoms with Crippen LogP contribution in [0.2, 0.25) is 0 Å². The Kier molecular flexibility index (Phi) is 10.2. The molecule has 9 nitrogen and oxygen atoms in total. The van der Waals surface area contributed by atoms with Gasteiger partial charge in [0.2, 0.25) is 0 Å². The van der Waals surface area contributed by atoms with Crippen LogP contribution in [-0.4, -0.2) is 59.9 Å². The predicted molar refractivity (Wildman–Crippen MR) is 182 cm³/mol. The van der Waals surface area contributed by atoms with Gasteiger partial charge >= 0.3 is 35.0 Å². The van der Waals surface area contributed by atoms with Gasteiger partial charge in [-0.1, -0.05) is 73.2 Å². The predicted octanol–water partition coefficient (Wildman–Crippen LogP) is 4.49. The summed E-state index contributed by atoms with van der Waals surface area (Å²) in [7, 11) is 1.33. The van der Waals surface area contributed by atoms with Gasteiger partial charge < -0.3 is 35.2 Å². The molecule has 8 bridgehead atoms. The van der Waals surface area contributed by atoms with Crippen LogP contribution in [0.25, 0.3) is 28.4 Å². The summed E-state index contributed by atoms with van der Waals surface area (Å²) in [5, 5.41) is 24.0. The van der Waals surface area contributed by atoms with Crippen molar-refractivity contribution in [1.82, 2.24) is 9.97 Å².